The Morgan fingerprint density at radius 2 is 0.762 bits per heavy atom. The first-order chi connectivity index (χ1) is 20.7. The van der Waals surface area contributed by atoms with Gasteiger partial charge in [0.2, 0.25) is 0 Å². The number of rotatable bonds is 5. The minimum absolute atomic E-state index is 0.677. The van der Waals surface area contributed by atoms with Crippen molar-refractivity contribution in [1.29, 1.82) is 0 Å². The van der Waals surface area contributed by atoms with Crippen molar-refractivity contribution in [2.75, 3.05) is 0 Å². The average molecular weight is 541 g/mol. The van der Waals surface area contributed by atoms with Crippen molar-refractivity contribution in [3.8, 4) is 22.5 Å². The molecule has 2 aromatic heterocycles. The lowest BCUT2D eigenvalue weighted by molar-refractivity contribution is 0.111. The van der Waals surface area contributed by atoms with Crippen molar-refractivity contribution in [3.05, 3.63) is 145 Å². The Morgan fingerprint density at radius 3 is 1.17 bits per heavy atom. The molecule has 0 radical (unpaired) electrons. The van der Waals surface area contributed by atoms with Gasteiger partial charge in [0.05, 0.1) is 22.1 Å². The van der Waals surface area contributed by atoms with Crippen molar-refractivity contribution >= 4 is 56.2 Å². The molecule has 4 nitrogen and oxygen atoms in total. The van der Waals surface area contributed by atoms with Gasteiger partial charge in [-0.1, -0.05) is 60.7 Å². The van der Waals surface area contributed by atoms with E-state index in [1.54, 1.807) is 0 Å². The van der Waals surface area contributed by atoms with E-state index in [1.807, 2.05) is 60.7 Å². The van der Waals surface area contributed by atoms with Crippen LogP contribution >= 0.6 is 0 Å². The number of para-hydroxylation sites is 2. The summed E-state index contributed by atoms with van der Waals surface area (Å²) in [4.78, 5) is 22.9. The molecule has 0 saturated carbocycles. The van der Waals surface area contributed by atoms with Crippen LogP contribution in [0.15, 0.2) is 133 Å². The second-order valence-electron chi connectivity index (χ2n) is 10.6. The van der Waals surface area contributed by atoms with Crippen LogP contribution in [0.1, 0.15) is 20.7 Å². The highest BCUT2D eigenvalue weighted by molar-refractivity contribution is 6.11. The molecule has 2 heterocycles. The number of nitrogens with zero attached hydrogens (tertiary/aromatic N) is 2. The van der Waals surface area contributed by atoms with Gasteiger partial charge in [0, 0.05) is 44.0 Å². The Morgan fingerprint density at radius 1 is 0.381 bits per heavy atom. The lowest BCUT2D eigenvalue weighted by Crippen LogP contribution is -1.95. The molecule has 4 heteroatoms. The van der Waals surface area contributed by atoms with Crippen molar-refractivity contribution in [2.24, 2.45) is 0 Å². The van der Waals surface area contributed by atoms with Gasteiger partial charge >= 0.3 is 0 Å². The fourth-order valence-corrected chi connectivity index (χ4v) is 6.29. The van der Waals surface area contributed by atoms with Gasteiger partial charge in [-0.25, -0.2) is 0 Å². The van der Waals surface area contributed by atoms with Crippen LogP contribution in [0, 0.1) is 0 Å². The lowest BCUT2D eigenvalue weighted by Gasteiger charge is -2.11. The zero-order valence-corrected chi connectivity index (χ0v) is 22.6. The molecular formula is C38H24N2O2. The summed E-state index contributed by atoms with van der Waals surface area (Å²) in [6.45, 7) is 0. The van der Waals surface area contributed by atoms with Crippen LogP contribution in [0.4, 0.5) is 0 Å². The monoisotopic (exact) mass is 540 g/mol. The summed E-state index contributed by atoms with van der Waals surface area (Å²) in [5, 5.41) is 4.40. The predicted octanol–water partition coefficient (Wildman–Crippen LogP) is 9.17. The van der Waals surface area contributed by atoms with E-state index in [4.69, 9.17) is 0 Å². The van der Waals surface area contributed by atoms with Crippen LogP contribution < -0.4 is 0 Å². The van der Waals surface area contributed by atoms with Gasteiger partial charge in [0.1, 0.15) is 12.6 Å². The largest absolute Gasteiger partial charge is 0.309 e. The van der Waals surface area contributed by atoms with Gasteiger partial charge < -0.3 is 9.13 Å². The van der Waals surface area contributed by atoms with Gasteiger partial charge in [-0.2, -0.15) is 0 Å². The summed E-state index contributed by atoms with van der Waals surface area (Å²) in [6.07, 6.45) is 1.80. The highest BCUT2D eigenvalue weighted by Gasteiger charge is 2.14. The second-order valence-corrected chi connectivity index (χ2v) is 10.6. The standard InChI is InChI=1S/C38H24N2O2/c41-23-25-9-19-37-33(21-25)31-5-1-3-7-35(31)39(37)29-15-11-27(12-16-29)28-13-17-30(18-14-28)40-36-8-4-2-6-32(36)34-22-26(24-42)10-20-38(34)40/h1-24H. The SMILES string of the molecule is O=Cc1ccc2c(c1)c1ccccc1n2-c1ccc(-c2ccc(-n3c4ccccc4c4cc(C=O)ccc43)cc2)cc1. The Bertz CT molecular complexity index is 2150. The lowest BCUT2D eigenvalue weighted by atomic mass is 10.0. The molecule has 198 valence electrons. The third-order valence-electron chi connectivity index (χ3n) is 8.25. The summed E-state index contributed by atoms with van der Waals surface area (Å²) < 4.78 is 4.51. The van der Waals surface area contributed by atoms with Crippen LogP contribution in [-0.2, 0) is 0 Å². The third-order valence-corrected chi connectivity index (χ3v) is 8.25. The molecule has 0 aliphatic rings. The maximum Gasteiger partial charge on any atom is 0.150 e. The number of benzene rings is 6. The van der Waals surface area contributed by atoms with E-state index < -0.39 is 0 Å². The number of aromatic nitrogens is 2. The number of hydrogen-bond acceptors (Lipinski definition) is 2. The molecule has 0 N–H and O–H groups in total. The summed E-state index contributed by atoms with van der Waals surface area (Å²) in [7, 11) is 0. The smallest absolute Gasteiger partial charge is 0.150 e. The highest BCUT2D eigenvalue weighted by Crippen LogP contribution is 2.35. The van der Waals surface area contributed by atoms with E-state index in [1.165, 1.54) is 0 Å². The molecule has 0 atom stereocenters. The van der Waals surface area contributed by atoms with Crippen molar-refractivity contribution in [2.45, 2.75) is 0 Å². The summed E-state index contributed by atoms with van der Waals surface area (Å²) >= 11 is 0. The second kappa shape index (κ2) is 9.43. The molecule has 0 saturated heterocycles. The quantitative estimate of drug-likeness (QED) is 0.204. The van der Waals surface area contributed by atoms with E-state index in [9.17, 15) is 9.59 Å². The topological polar surface area (TPSA) is 44.0 Å². The molecule has 0 amide bonds. The number of aldehydes is 2. The summed E-state index contributed by atoms with van der Waals surface area (Å²) in [5.74, 6) is 0. The molecule has 0 aliphatic heterocycles. The Kier molecular flexibility index (Phi) is 5.41. The average Bonchev–Trinajstić information content (AvgIpc) is 3.57. The summed E-state index contributed by atoms with van der Waals surface area (Å²) in [5.41, 5.74) is 10.1. The summed E-state index contributed by atoms with van der Waals surface area (Å²) in [6, 6.07) is 45.6. The van der Waals surface area contributed by atoms with Gasteiger partial charge in [-0.05, 0) is 83.9 Å². The fraction of sp³-hybridized carbons (Fsp3) is 0. The fourth-order valence-electron chi connectivity index (χ4n) is 6.29. The zero-order chi connectivity index (χ0) is 28.2. The molecule has 0 aliphatic carbocycles. The molecule has 0 bridgehead atoms. The zero-order valence-electron chi connectivity index (χ0n) is 22.6. The first-order valence-corrected chi connectivity index (χ1v) is 13.9. The molecule has 0 fully saturated rings. The predicted molar refractivity (Wildman–Crippen MR) is 171 cm³/mol. The molecule has 6 aromatic carbocycles. The molecule has 8 aromatic rings. The molecular weight excluding hydrogens is 516 g/mol. The maximum absolute atomic E-state index is 11.4. The van der Waals surface area contributed by atoms with Gasteiger partial charge in [0.15, 0.2) is 0 Å². The number of hydrogen-bond donors (Lipinski definition) is 0. The van der Waals surface area contributed by atoms with E-state index in [-0.39, 0.29) is 0 Å². The van der Waals surface area contributed by atoms with Gasteiger partial charge in [0.25, 0.3) is 0 Å². The number of fused-ring (bicyclic) bond motifs is 6. The normalized spacial score (nSPS) is 11.5. The van der Waals surface area contributed by atoms with E-state index in [2.05, 4.69) is 81.9 Å². The van der Waals surface area contributed by atoms with Crippen molar-refractivity contribution < 1.29 is 9.59 Å². The van der Waals surface area contributed by atoms with Gasteiger partial charge in [-0.15, -0.1) is 0 Å². The molecule has 8 rings (SSSR count). The minimum atomic E-state index is 0.677. The number of carbonyl (C=O) groups is 2. The van der Waals surface area contributed by atoms with E-state index in [0.29, 0.717) is 11.1 Å². The Hall–Kier alpha value is -5.74. The first-order valence-electron chi connectivity index (χ1n) is 13.9. The van der Waals surface area contributed by atoms with Crippen LogP contribution in [0.3, 0.4) is 0 Å². The van der Waals surface area contributed by atoms with Crippen molar-refractivity contribution in [1.82, 2.24) is 9.13 Å². The Labute approximate surface area is 241 Å². The van der Waals surface area contributed by atoms with Crippen LogP contribution in [0.2, 0.25) is 0 Å². The number of carbonyl (C=O) groups excluding carboxylic acids is 2. The van der Waals surface area contributed by atoms with E-state index in [0.717, 1.165) is 78.7 Å². The van der Waals surface area contributed by atoms with Gasteiger partial charge in [-0.3, -0.25) is 9.59 Å². The Balaban J connectivity index is 1.19. The minimum Gasteiger partial charge on any atom is -0.309 e. The van der Waals surface area contributed by atoms with Crippen molar-refractivity contribution in [3.63, 3.8) is 0 Å². The van der Waals surface area contributed by atoms with Crippen LogP contribution in [0.5, 0.6) is 0 Å². The molecule has 0 spiro atoms. The molecule has 0 unspecified atom stereocenters. The van der Waals surface area contributed by atoms with Crippen LogP contribution in [0.25, 0.3) is 66.1 Å². The maximum atomic E-state index is 11.4. The third kappa shape index (κ3) is 3.62. The van der Waals surface area contributed by atoms with E-state index >= 15 is 0 Å². The highest BCUT2D eigenvalue weighted by atomic mass is 16.1. The first kappa shape index (κ1) is 24.1. The van der Waals surface area contributed by atoms with Crippen LogP contribution in [-0.4, -0.2) is 21.7 Å². The molecule has 42 heavy (non-hydrogen) atoms.